The third-order valence-electron chi connectivity index (χ3n) is 0.917. The van der Waals surface area contributed by atoms with Gasteiger partial charge in [0.05, 0.1) is 25.2 Å². The largest absolute Gasteiger partial charge is 0.395 e. The zero-order valence-corrected chi connectivity index (χ0v) is 7.29. The normalized spacial score (nSPS) is 14.8. The van der Waals surface area contributed by atoms with Crippen molar-refractivity contribution in [2.75, 3.05) is 25.4 Å². The van der Waals surface area contributed by atoms with Gasteiger partial charge in [0, 0.05) is 6.54 Å². The summed E-state index contributed by atoms with van der Waals surface area (Å²) in [5.74, 6) is -0.576. The molecule has 0 aliphatic carbocycles. The van der Waals surface area contributed by atoms with Crippen LogP contribution in [0.1, 0.15) is 0 Å². The maximum atomic E-state index is 9.63. The van der Waals surface area contributed by atoms with E-state index in [0.29, 0.717) is 0 Å². The molecule has 7 heteroatoms. The Morgan fingerprint density at radius 1 is 1.58 bits per heavy atom. The molecule has 0 aromatic carbocycles. The summed E-state index contributed by atoms with van der Waals surface area (Å²) in [6, 6.07) is 0. The molecule has 1 aliphatic heterocycles. The van der Waals surface area contributed by atoms with Crippen molar-refractivity contribution in [2.45, 2.75) is 0 Å². The molecule has 0 aromatic rings. The standard InChI is InChI=1S/C3H6N2.C2H6O4S/c1-2-5-3-4-1;3-1-2-7(4,5)6/h3H,1-2H2,(H,4,5);3H,1-2H2,(H,4,5,6). The minimum Gasteiger partial charge on any atom is -0.395 e. The third-order valence-corrected chi connectivity index (χ3v) is 1.62. The molecule has 1 heterocycles. The van der Waals surface area contributed by atoms with Gasteiger partial charge < -0.3 is 10.4 Å². The highest BCUT2D eigenvalue weighted by molar-refractivity contribution is 7.85. The SMILES string of the molecule is C1=NCCN1.O=S(=O)(O)CCO. The van der Waals surface area contributed by atoms with Gasteiger partial charge in [-0.05, 0) is 0 Å². The van der Waals surface area contributed by atoms with E-state index in [9.17, 15) is 8.42 Å². The number of aliphatic hydroxyl groups excluding tert-OH is 1. The second-order valence-corrected chi connectivity index (χ2v) is 3.57. The molecule has 0 spiro atoms. The lowest BCUT2D eigenvalue weighted by atomic mass is 10.7. The van der Waals surface area contributed by atoms with Gasteiger partial charge in [-0.2, -0.15) is 8.42 Å². The first kappa shape index (κ1) is 11.3. The lowest BCUT2D eigenvalue weighted by molar-refractivity contribution is 0.315. The Labute approximate surface area is 71.1 Å². The van der Waals surface area contributed by atoms with Gasteiger partial charge >= 0.3 is 0 Å². The molecule has 0 saturated carbocycles. The summed E-state index contributed by atoms with van der Waals surface area (Å²) < 4.78 is 27.1. The molecule has 0 fully saturated rings. The molecular formula is C5H12N2O4S. The van der Waals surface area contributed by atoms with E-state index in [0.717, 1.165) is 13.1 Å². The Hall–Kier alpha value is -0.660. The summed E-state index contributed by atoms with van der Waals surface area (Å²) >= 11 is 0. The van der Waals surface area contributed by atoms with Crippen LogP contribution in [0.5, 0.6) is 0 Å². The van der Waals surface area contributed by atoms with Gasteiger partial charge in [0.1, 0.15) is 0 Å². The zero-order chi connectivity index (χ0) is 9.45. The Morgan fingerprint density at radius 3 is 2.33 bits per heavy atom. The molecule has 0 saturated heterocycles. The Kier molecular flexibility index (Phi) is 5.60. The van der Waals surface area contributed by atoms with Crippen LogP contribution in [0.2, 0.25) is 0 Å². The maximum Gasteiger partial charge on any atom is 0.267 e. The van der Waals surface area contributed by atoms with Crippen molar-refractivity contribution in [2.24, 2.45) is 4.99 Å². The van der Waals surface area contributed by atoms with Gasteiger partial charge in [-0.15, -0.1) is 0 Å². The first-order valence-corrected chi connectivity index (χ1v) is 4.95. The Balaban J connectivity index is 0.000000211. The van der Waals surface area contributed by atoms with Crippen molar-refractivity contribution in [1.82, 2.24) is 5.32 Å². The maximum absolute atomic E-state index is 9.63. The molecule has 0 aromatic heterocycles. The topological polar surface area (TPSA) is 99.0 Å². The van der Waals surface area contributed by atoms with Gasteiger partial charge in [-0.25, -0.2) is 0 Å². The summed E-state index contributed by atoms with van der Waals surface area (Å²) in [6.45, 7) is 1.46. The van der Waals surface area contributed by atoms with Crippen molar-refractivity contribution in [3.8, 4) is 0 Å². The summed E-state index contributed by atoms with van der Waals surface area (Å²) in [7, 11) is -3.92. The molecule has 12 heavy (non-hydrogen) atoms. The van der Waals surface area contributed by atoms with E-state index < -0.39 is 22.5 Å². The number of nitrogens with zero attached hydrogens (tertiary/aromatic N) is 1. The fourth-order valence-electron chi connectivity index (χ4n) is 0.438. The highest BCUT2D eigenvalue weighted by Crippen LogP contribution is 1.76. The summed E-state index contributed by atoms with van der Waals surface area (Å²) in [6.07, 6.45) is 1.74. The molecule has 0 amide bonds. The fraction of sp³-hybridized carbons (Fsp3) is 0.800. The van der Waals surface area contributed by atoms with Crippen molar-refractivity contribution in [3.05, 3.63) is 0 Å². The first-order chi connectivity index (χ1) is 5.56. The van der Waals surface area contributed by atoms with Gasteiger partial charge in [-0.1, -0.05) is 0 Å². The van der Waals surface area contributed by atoms with Crippen LogP contribution in [0.25, 0.3) is 0 Å². The van der Waals surface area contributed by atoms with Crippen molar-refractivity contribution in [1.29, 1.82) is 0 Å². The smallest absolute Gasteiger partial charge is 0.267 e. The van der Waals surface area contributed by atoms with Crippen molar-refractivity contribution < 1.29 is 18.1 Å². The van der Waals surface area contributed by atoms with Crippen LogP contribution < -0.4 is 5.32 Å². The molecule has 0 bridgehead atoms. The van der Waals surface area contributed by atoms with Gasteiger partial charge in [-0.3, -0.25) is 9.55 Å². The molecule has 72 valence electrons. The number of hydrogen-bond donors (Lipinski definition) is 3. The highest BCUT2D eigenvalue weighted by Gasteiger charge is 1.99. The van der Waals surface area contributed by atoms with E-state index in [1.54, 1.807) is 6.34 Å². The average molecular weight is 196 g/mol. The molecule has 1 rings (SSSR count). The summed E-state index contributed by atoms with van der Waals surface area (Å²) in [5, 5.41) is 10.8. The van der Waals surface area contributed by atoms with E-state index in [4.69, 9.17) is 9.66 Å². The second-order valence-electron chi connectivity index (χ2n) is 2.00. The monoisotopic (exact) mass is 196 g/mol. The highest BCUT2D eigenvalue weighted by atomic mass is 32.2. The Morgan fingerprint density at radius 2 is 2.25 bits per heavy atom. The molecule has 6 nitrogen and oxygen atoms in total. The van der Waals surface area contributed by atoms with Crippen LogP contribution in [0.15, 0.2) is 4.99 Å². The molecule has 0 unspecified atom stereocenters. The number of nitrogens with one attached hydrogen (secondary N) is 1. The minimum absolute atomic E-state index is 0.529. The second kappa shape index (κ2) is 5.92. The molecule has 3 N–H and O–H groups in total. The summed E-state index contributed by atoms with van der Waals surface area (Å²) in [5.41, 5.74) is 0. The van der Waals surface area contributed by atoms with Crippen LogP contribution in [0, 0.1) is 0 Å². The van der Waals surface area contributed by atoms with Crippen LogP contribution in [-0.4, -0.2) is 49.9 Å². The summed E-state index contributed by atoms with van der Waals surface area (Å²) in [4.78, 5) is 3.85. The predicted octanol–water partition coefficient (Wildman–Crippen LogP) is -1.52. The quantitative estimate of drug-likeness (QED) is 0.466. The predicted molar refractivity (Wildman–Crippen MR) is 44.9 cm³/mol. The fourth-order valence-corrected chi connectivity index (χ4v) is 0.669. The minimum atomic E-state index is -3.92. The lowest BCUT2D eigenvalue weighted by Gasteiger charge is -1.85. The number of hydrogen-bond acceptors (Lipinski definition) is 5. The van der Waals surface area contributed by atoms with Gasteiger partial charge in [0.2, 0.25) is 0 Å². The molecule has 0 radical (unpaired) electrons. The number of aliphatic imine (C=N–C) groups is 1. The van der Waals surface area contributed by atoms with Gasteiger partial charge in [0.25, 0.3) is 10.1 Å². The van der Waals surface area contributed by atoms with E-state index >= 15 is 0 Å². The lowest BCUT2D eigenvalue weighted by Crippen LogP contribution is -2.06. The first-order valence-electron chi connectivity index (χ1n) is 3.34. The van der Waals surface area contributed by atoms with E-state index in [1.165, 1.54) is 0 Å². The van der Waals surface area contributed by atoms with Crippen LogP contribution in [-0.2, 0) is 10.1 Å². The molecule has 1 aliphatic rings. The molecule has 0 atom stereocenters. The number of aliphatic hydroxyl groups is 1. The van der Waals surface area contributed by atoms with Crippen molar-refractivity contribution >= 4 is 16.5 Å². The van der Waals surface area contributed by atoms with E-state index in [-0.39, 0.29) is 0 Å². The average Bonchev–Trinajstić information content (AvgIpc) is 2.38. The van der Waals surface area contributed by atoms with E-state index in [2.05, 4.69) is 10.3 Å². The Bertz CT molecular complexity index is 218. The molecular weight excluding hydrogens is 184 g/mol. The van der Waals surface area contributed by atoms with Crippen LogP contribution >= 0.6 is 0 Å². The third kappa shape index (κ3) is 9.34. The van der Waals surface area contributed by atoms with Gasteiger partial charge in [0.15, 0.2) is 0 Å². The number of rotatable bonds is 2. The zero-order valence-electron chi connectivity index (χ0n) is 6.47. The van der Waals surface area contributed by atoms with Crippen LogP contribution in [0.4, 0.5) is 0 Å². The van der Waals surface area contributed by atoms with Crippen LogP contribution in [0.3, 0.4) is 0 Å². The van der Waals surface area contributed by atoms with Crippen molar-refractivity contribution in [3.63, 3.8) is 0 Å². The van der Waals surface area contributed by atoms with E-state index in [1.807, 2.05) is 0 Å².